The molecule has 6 nitrogen and oxygen atoms in total. The second-order valence-electron chi connectivity index (χ2n) is 6.61. The largest absolute Gasteiger partial charge is 0.507 e. The molecule has 7 heteroatoms. The van der Waals surface area contributed by atoms with Gasteiger partial charge in [-0.3, -0.25) is 5.32 Å². The number of anilines is 1. The van der Waals surface area contributed by atoms with Gasteiger partial charge in [-0.25, -0.2) is 9.59 Å². The van der Waals surface area contributed by atoms with E-state index in [-0.39, 0.29) is 29.5 Å². The van der Waals surface area contributed by atoms with Crippen LogP contribution in [0.3, 0.4) is 0 Å². The normalized spacial score (nSPS) is 12.2. The van der Waals surface area contributed by atoms with Crippen molar-refractivity contribution in [1.29, 1.82) is 0 Å². The third-order valence-corrected chi connectivity index (χ3v) is 6.01. The van der Waals surface area contributed by atoms with Gasteiger partial charge >= 0.3 is 12.1 Å². The summed E-state index contributed by atoms with van der Waals surface area (Å²) in [7, 11) is 0. The number of benzene rings is 3. The molecule has 0 aliphatic heterocycles. The Kier molecular flexibility index (Phi) is 5.14. The molecule has 1 aliphatic carbocycles. The van der Waals surface area contributed by atoms with E-state index in [2.05, 4.69) is 17.4 Å². The number of halogens is 1. The zero-order valence-electron chi connectivity index (χ0n) is 15.1. The molecule has 0 saturated carbocycles. The number of ether oxygens (including phenoxy) is 1. The SMILES string of the molecule is O=C(Nc1cc(C(=O)O)cc(O)c1I)OCC1c2ccccc2-c2ccccc21. The van der Waals surface area contributed by atoms with E-state index >= 15 is 0 Å². The summed E-state index contributed by atoms with van der Waals surface area (Å²) in [6.45, 7) is 0.140. The molecule has 0 atom stereocenters. The topological polar surface area (TPSA) is 95.9 Å². The first-order valence-electron chi connectivity index (χ1n) is 8.83. The van der Waals surface area contributed by atoms with E-state index in [0.717, 1.165) is 28.3 Å². The Hall–Kier alpha value is -3.07. The van der Waals surface area contributed by atoms with Crippen LogP contribution in [0.1, 0.15) is 27.4 Å². The number of rotatable bonds is 4. The summed E-state index contributed by atoms with van der Waals surface area (Å²) in [5.74, 6) is -1.50. The number of phenolic OH excluding ortho intramolecular Hbond substituents is 1. The van der Waals surface area contributed by atoms with E-state index < -0.39 is 12.1 Å². The average molecular weight is 501 g/mol. The molecule has 0 unspecified atom stereocenters. The minimum Gasteiger partial charge on any atom is -0.507 e. The number of carbonyl (C=O) groups is 2. The molecule has 0 bridgehead atoms. The van der Waals surface area contributed by atoms with Crippen LogP contribution in [0.15, 0.2) is 60.7 Å². The first-order chi connectivity index (χ1) is 14.0. The fourth-order valence-electron chi connectivity index (χ4n) is 3.57. The maximum absolute atomic E-state index is 12.4. The van der Waals surface area contributed by atoms with E-state index in [4.69, 9.17) is 9.84 Å². The van der Waals surface area contributed by atoms with Gasteiger partial charge in [0.2, 0.25) is 0 Å². The molecule has 3 aromatic rings. The second-order valence-corrected chi connectivity index (χ2v) is 7.69. The number of hydrogen-bond acceptors (Lipinski definition) is 4. The van der Waals surface area contributed by atoms with Crippen molar-refractivity contribution < 1.29 is 24.5 Å². The van der Waals surface area contributed by atoms with Crippen molar-refractivity contribution in [2.45, 2.75) is 5.92 Å². The molecule has 29 heavy (non-hydrogen) atoms. The number of nitrogens with one attached hydrogen (secondary N) is 1. The van der Waals surface area contributed by atoms with Gasteiger partial charge in [-0.1, -0.05) is 48.5 Å². The van der Waals surface area contributed by atoms with Gasteiger partial charge in [0, 0.05) is 5.92 Å². The lowest BCUT2D eigenvalue weighted by atomic mass is 9.98. The molecule has 3 N–H and O–H groups in total. The number of carbonyl (C=O) groups excluding carboxylic acids is 1. The Balaban J connectivity index is 1.52. The molecule has 0 saturated heterocycles. The molecule has 3 aromatic carbocycles. The molecule has 1 aliphatic rings. The predicted molar refractivity (Wildman–Crippen MR) is 116 cm³/mol. The van der Waals surface area contributed by atoms with E-state index in [1.165, 1.54) is 6.07 Å². The van der Waals surface area contributed by atoms with Gasteiger partial charge in [-0.2, -0.15) is 0 Å². The number of hydrogen-bond donors (Lipinski definition) is 3. The third kappa shape index (κ3) is 3.65. The molecule has 0 radical (unpaired) electrons. The molecular formula is C22H16INO5. The van der Waals surface area contributed by atoms with Gasteiger partial charge in [-0.05, 0) is 57.0 Å². The van der Waals surface area contributed by atoms with Gasteiger partial charge in [0.15, 0.2) is 0 Å². The van der Waals surface area contributed by atoms with Crippen molar-refractivity contribution in [1.82, 2.24) is 0 Å². The summed E-state index contributed by atoms with van der Waals surface area (Å²) in [4.78, 5) is 23.6. The first-order valence-corrected chi connectivity index (χ1v) is 9.91. The number of aromatic carboxylic acids is 1. The van der Waals surface area contributed by atoms with Crippen molar-refractivity contribution in [3.63, 3.8) is 0 Å². The average Bonchev–Trinajstić information content (AvgIpc) is 3.03. The number of aromatic hydroxyl groups is 1. The number of fused-ring (bicyclic) bond motifs is 3. The molecule has 0 heterocycles. The molecule has 0 spiro atoms. The van der Waals surface area contributed by atoms with Crippen molar-refractivity contribution in [2.75, 3.05) is 11.9 Å². The highest BCUT2D eigenvalue weighted by atomic mass is 127. The van der Waals surface area contributed by atoms with Crippen LogP contribution in [0.2, 0.25) is 0 Å². The monoisotopic (exact) mass is 501 g/mol. The lowest BCUT2D eigenvalue weighted by Gasteiger charge is -2.15. The molecule has 0 aromatic heterocycles. The zero-order valence-corrected chi connectivity index (χ0v) is 17.2. The highest BCUT2D eigenvalue weighted by Crippen LogP contribution is 2.44. The maximum atomic E-state index is 12.4. The minimum absolute atomic E-state index is 0.0778. The van der Waals surface area contributed by atoms with Gasteiger partial charge in [0.05, 0.1) is 14.8 Å². The molecule has 0 fully saturated rings. The predicted octanol–water partition coefficient (Wildman–Crippen LogP) is 5.06. The number of phenols is 1. The Morgan fingerprint density at radius 3 is 2.17 bits per heavy atom. The van der Waals surface area contributed by atoms with Crippen LogP contribution >= 0.6 is 22.6 Å². The molecule has 4 rings (SSSR count). The number of amides is 1. The van der Waals surface area contributed by atoms with Crippen LogP contribution in [0, 0.1) is 3.57 Å². The lowest BCUT2D eigenvalue weighted by molar-refractivity contribution is 0.0696. The first kappa shape index (κ1) is 19.3. The van der Waals surface area contributed by atoms with Crippen LogP contribution in [-0.2, 0) is 4.74 Å². The number of carboxylic acids is 1. The Bertz CT molecular complexity index is 1080. The summed E-state index contributed by atoms with van der Waals surface area (Å²) >= 11 is 1.83. The summed E-state index contributed by atoms with van der Waals surface area (Å²) in [5.41, 5.74) is 4.51. The van der Waals surface area contributed by atoms with E-state index in [0.29, 0.717) is 3.57 Å². The standard InChI is InChI=1S/C22H16INO5/c23-20-18(9-12(21(26)27)10-19(20)25)24-22(28)29-11-17-15-7-3-1-5-13(15)14-6-2-4-8-16(14)17/h1-10,17,25H,11H2,(H,24,28)(H,26,27). The van der Waals surface area contributed by atoms with Crippen molar-refractivity contribution >= 4 is 40.3 Å². The van der Waals surface area contributed by atoms with Crippen LogP contribution in [-0.4, -0.2) is 28.9 Å². The van der Waals surface area contributed by atoms with Crippen LogP contribution < -0.4 is 5.32 Å². The van der Waals surface area contributed by atoms with Gasteiger partial charge in [0.1, 0.15) is 12.4 Å². The van der Waals surface area contributed by atoms with Crippen molar-refractivity contribution in [3.05, 3.63) is 80.9 Å². The number of carboxylic acid groups (broad SMARTS) is 1. The summed E-state index contributed by atoms with van der Waals surface area (Å²) in [6.07, 6.45) is -0.716. The van der Waals surface area contributed by atoms with Crippen LogP contribution in [0.5, 0.6) is 5.75 Å². The highest BCUT2D eigenvalue weighted by Gasteiger charge is 2.29. The molecule has 146 valence electrons. The van der Waals surface area contributed by atoms with Crippen LogP contribution in [0.4, 0.5) is 10.5 Å². The second kappa shape index (κ2) is 7.75. The van der Waals surface area contributed by atoms with E-state index in [9.17, 15) is 14.7 Å². The zero-order chi connectivity index (χ0) is 20.5. The van der Waals surface area contributed by atoms with E-state index in [1.807, 2.05) is 59.0 Å². The lowest BCUT2D eigenvalue weighted by Crippen LogP contribution is -2.18. The fourth-order valence-corrected chi connectivity index (χ4v) is 4.01. The van der Waals surface area contributed by atoms with Crippen LogP contribution in [0.25, 0.3) is 11.1 Å². The summed E-state index contributed by atoms with van der Waals surface area (Å²) in [5, 5.41) is 21.6. The van der Waals surface area contributed by atoms with Crippen molar-refractivity contribution in [2.24, 2.45) is 0 Å². The van der Waals surface area contributed by atoms with Gasteiger partial charge in [0.25, 0.3) is 0 Å². The Morgan fingerprint density at radius 1 is 1.00 bits per heavy atom. The maximum Gasteiger partial charge on any atom is 0.411 e. The van der Waals surface area contributed by atoms with E-state index in [1.54, 1.807) is 0 Å². The summed E-state index contributed by atoms with van der Waals surface area (Å²) < 4.78 is 5.79. The summed E-state index contributed by atoms with van der Waals surface area (Å²) in [6, 6.07) is 18.5. The fraction of sp³-hybridized carbons (Fsp3) is 0.0909. The molecular weight excluding hydrogens is 485 g/mol. The van der Waals surface area contributed by atoms with Crippen molar-refractivity contribution in [3.8, 4) is 16.9 Å². The third-order valence-electron chi connectivity index (χ3n) is 4.88. The van der Waals surface area contributed by atoms with Gasteiger partial charge in [-0.15, -0.1) is 0 Å². The Labute approximate surface area is 180 Å². The minimum atomic E-state index is -1.20. The quantitative estimate of drug-likeness (QED) is 0.435. The molecule has 1 amide bonds. The highest BCUT2D eigenvalue weighted by molar-refractivity contribution is 14.1. The van der Waals surface area contributed by atoms with Gasteiger partial charge < -0.3 is 14.9 Å². The Morgan fingerprint density at radius 2 is 1.59 bits per heavy atom. The smallest absolute Gasteiger partial charge is 0.411 e.